The third-order valence-electron chi connectivity index (χ3n) is 2.47. The molecular formula is C12H10F3N3. The van der Waals surface area contributed by atoms with Gasteiger partial charge in [0, 0.05) is 11.8 Å². The lowest BCUT2D eigenvalue weighted by molar-refractivity contribution is -0.137. The van der Waals surface area contributed by atoms with Crippen LogP contribution in [0.1, 0.15) is 5.56 Å². The van der Waals surface area contributed by atoms with E-state index in [1.54, 1.807) is 6.07 Å². The molecule has 0 aliphatic carbocycles. The molecule has 1 aromatic carbocycles. The minimum atomic E-state index is -4.37. The van der Waals surface area contributed by atoms with Crippen molar-refractivity contribution in [3.63, 3.8) is 0 Å². The maximum absolute atomic E-state index is 12.6. The molecule has 2 rings (SSSR count). The van der Waals surface area contributed by atoms with Crippen LogP contribution in [0.5, 0.6) is 0 Å². The summed E-state index contributed by atoms with van der Waals surface area (Å²) in [5, 5.41) is 0. The third-order valence-corrected chi connectivity index (χ3v) is 2.47. The first-order valence-electron chi connectivity index (χ1n) is 5.06. The second-order valence-corrected chi connectivity index (χ2v) is 3.78. The number of nitrogen functional groups attached to an aromatic ring is 2. The zero-order chi connectivity index (χ0) is 13.3. The van der Waals surface area contributed by atoms with Crippen LogP contribution in [-0.2, 0) is 6.18 Å². The van der Waals surface area contributed by atoms with Gasteiger partial charge in [0.25, 0.3) is 0 Å². The fraction of sp³-hybridized carbons (Fsp3) is 0.0833. The molecule has 6 heteroatoms. The van der Waals surface area contributed by atoms with Gasteiger partial charge in [-0.1, -0.05) is 12.1 Å². The monoisotopic (exact) mass is 253 g/mol. The number of hydrogen-bond acceptors (Lipinski definition) is 3. The van der Waals surface area contributed by atoms with Gasteiger partial charge in [0.1, 0.15) is 5.82 Å². The van der Waals surface area contributed by atoms with E-state index in [1.165, 1.54) is 18.3 Å². The quantitative estimate of drug-likeness (QED) is 0.821. The molecule has 0 amide bonds. The van der Waals surface area contributed by atoms with Crippen LogP contribution in [0.4, 0.5) is 24.7 Å². The van der Waals surface area contributed by atoms with Gasteiger partial charge in [0.2, 0.25) is 0 Å². The van der Waals surface area contributed by atoms with Gasteiger partial charge in [-0.25, -0.2) is 4.98 Å². The lowest BCUT2D eigenvalue weighted by Crippen LogP contribution is -2.04. The van der Waals surface area contributed by atoms with Crippen molar-refractivity contribution in [1.29, 1.82) is 0 Å². The number of hydrogen-bond donors (Lipinski definition) is 2. The first-order chi connectivity index (χ1) is 8.38. The Morgan fingerprint density at radius 1 is 1.00 bits per heavy atom. The molecule has 2 aromatic rings. The van der Waals surface area contributed by atoms with Gasteiger partial charge >= 0.3 is 6.18 Å². The van der Waals surface area contributed by atoms with Gasteiger partial charge < -0.3 is 11.5 Å². The Morgan fingerprint density at radius 3 is 2.33 bits per heavy atom. The minimum absolute atomic E-state index is 0.158. The predicted octanol–water partition coefficient (Wildman–Crippen LogP) is 2.93. The van der Waals surface area contributed by atoms with E-state index in [0.717, 1.165) is 12.1 Å². The topological polar surface area (TPSA) is 64.9 Å². The Kier molecular flexibility index (Phi) is 2.86. The van der Waals surface area contributed by atoms with Crippen molar-refractivity contribution in [2.75, 3.05) is 11.5 Å². The molecule has 0 radical (unpaired) electrons. The van der Waals surface area contributed by atoms with Crippen molar-refractivity contribution < 1.29 is 13.2 Å². The summed E-state index contributed by atoms with van der Waals surface area (Å²) in [6.45, 7) is 0. The normalized spacial score (nSPS) is 11.5. The average Bonchev–Trinajstić information content (AvgIpc) is 2.32. The Balaban J connectivity index is 2.48. The van der Waals surface area contributed by atoms with Crippen LogP contribution in [0.25, 0.3) is 11.1 Å². The molecule has 1 aromatic heterocycles. The van der Waals surface area contributed by atoms with E-state index >= 15 is 0 Å². The molecule has 0 saturated carbocycles. The largest absolute Gasteiger partial charge is 0.416 e. The van der Waals surface area contributed by atoms with Crippen LogP contribution in [0.3, 0.4) is 0 Å². The molecule has 94 valence electrons. The van der Waals surface area contributed by atoms with Gasteiger partial charge in [0.05, 0.1) is 11.3 Å². The summed E-state index contributed by atoms with van der Waals surface area (Å²) in [5.41, 5.74) is 11.4. The number of aromatic nitrogens is 1. The highest BCUT2D eigenvalue weighted by Gasteiger charge is 2.30. The molecule has 4 N–H and O–H groups in total. The highest BCUT2D eigenvalue weighted by molar-refractivity contribution is 5.71. The summed E-state index contributed by atoms with van der Waals surface area (Å²) in [6, 6.07) is 6.45. The van der Waals surface area contributed by atoms with Crippen LogP contribution in [0.15, 0.2) is 36.5 Å². The highest BCUT2D eigenvalue weighted by atomic mass is 19.4. The average molecular weight is 253 g/mol. The van der Waals surface area contributed by atoms with Crippen LogP contribution >= 0.6 is 0 Å². The van der Waals surface area contributed by atoms with Crippen LogP contribution < -0.4 is 11.5 Å². The van der Waals surface area contributed by atoms with E-state index in [2.05, 4.69) is 4.98 Å². The molecule has 1 heterocycles. The van der Waals surface area contributed by atoms with Crippen LogP contribution in [0.2, 0.25) is 0 Å². The Morgan fingerprint density at radius 2 is 1.72 bits per heavy atom. The summed E-state index contributed by atoms with van der Waals surface area (Å²) < 4.78 is 37.7. The fourth-order valence-corrected chi connectivity index (χ4v) is 1.53. The smallest absolute Gasteiger partial charge is 0.396 e. The number of nitrogens with zero attached hydrogens (tertiary/aromatic N) is 1. The molecule has 0 bridgehead atoms. The number of nitrogens with two attached hydrogens (primary N) is 2. The lowest BCUT2D eigenvalue weighted by Gasteiger charge is -2.09. The zero-order valence-electron chi connectivity index (χ0n) is 9.20. The van der Waals surface area contributed by atoms with Crippen molar-refractivity contribution in [2.24, 2.45) is 0 Å². The Hall–Kier alpha value is -2.24. The lowest BCUT2D eigenvalue weighted by atomic mass is 10.0. The molecule has 0 spiro atoms. The van der Waals surface area contributed by atoms with Crippen LogP contribution in [-0.4, -0.2) is 4.98 Å². The molecule has 3 nitrogen and oxygen atoms in total. The second kappa shape index (κ2) is 4.21. The first kappa shape index (κ1) is 12.2. The molecule has 18 heavy (non-hydrogen) atoms. The molecule has 0 unspecified atom stereocenters. The van der Waals surface area contributed by atoms with E-state index in [4.69, 9.17) is 11.5 Å². The van der Waals surface area contributed by atoms with Crippen molar-refractivity contribution in [3.05, 3.63) is 42.1 Å². The summed E-state index contributed by atoms with van der Waals surface area (Å²) in [6.07, 6.45) is -2.98. The van der Waals surface area contributed by atoms with Gasteiger partial charge in [0.15, 0.2) is 0 Å². The van der Waals surface area contributed by atoms with E-state index < -0.39 is 11.7 Å². The highest BCUT2D eigenvalue weighted by Crippen LogP contribution is 2.32. The summed E-state index contributed by atoms with van der Waals surface area (Å²) in [5.74, 6) is 0.158. The molecule has 0 aliphatic rings. The molecule has 0 atom stereocenters. The van der Waals surface area contributed by atoms with E-state index in [1.807, 2.05) is 0 Å². The van der Waals surface area contributed by atoms with E-state index in [-0.39, 0.29) is 11.5 Å². The van der Waals surface area contributed by atoms with Gasteiger partial charge in [-0.3, -0.25) is 0 Å². The minimum Gasteiger partial charge on any atom is -0.396 e. The third kappa shape index (κ3) is 2.37. The molecule has 0 aliphatic heterocycles. The predicted molar refractivity (Wildman–Crippen MR) is 63.5 cm³/mol. The number of alkyl halides is 3. The van der Waals surface area contributed by atoms with Gasteiger partial charge in [-0.05, 0) is 23.8 Å². The number of benzene rings is 1. The Bertz CT molecular complexity index is 579. The van der Waals surface area contributed by atoms with E-state index in [0.29, 0.717) is 11.1 Å². The maximum Gasteiger partial charge on any atom is 0.416 e. The number of rotatable bonds is 1. The number of anilines is 2. The fourth-order valence-electron chi connectivity index (χ4n) is 1.53. The summed E-state index contributed by atoms with van der Waals surface area (Å²) in [4.78, 5) is 3.82. The van der Waals surface area contributed by atoms with Crippen molar-refractivity contribution in [3.8, 4) is 11.1 Å². The second-order valence-electron chi connectivity index (χ2n) is 3.78. The van der Waals surface area contributed by atoms with Crippen molar-refractivity contribution in [2.45, 2.75) is 6.18 Å². The number of halogens is 3. The first-order valence-corrected chi connectivity index (χ1v) is 5.06. The Labute approximate surface area is 101 Å². The summed E-state index contributed by atoms with van der Waals surface area (Å²) in [7, 11) is 0. The number of pyridine rings is 1. The summed E-state index contributed by atoms with van der Waals surface area (Å²) >= 11 is 0. The van der Waals surface area contributed by atoms with Crippen LogP contribution in [0, 0.1) is 0 Å². The van der Waals surface area contributed by atoms with Gasteiger partial charge in [-0.15, -0.1) is 0 Å². The SMILES string of the molecule is Nc1cc(-c2cccc(C(F)(F)F)c2)cnc1N. The molecule has 0 saturated heterocycles. The zero-order valence-corrected chi connectivity index (χ0v) is 9.20. The van der Waals surface area contributed by atoms with Gasteiger partial charge in [-0.2, -0.15) is 13.2 Å². The molecular weight excluding hydrogens is 243 g/mol. The molecule has 0 fully saturated rings. The van der Waals surface area contributed by atoms with E-state index in [9.17, 15) is 13.2 Å². The van der Waals surface area contributed by atoms with Crippen molar-refractivity contribution in [1.82, 2.24) is 4.98 Å². The van der Waals surface area contributed by atoms with Crippen molar-refractivity contribution >= 4 is 11.5 Å². The maximum atomic E-state index is 12.6. The standard InChI is InChI=1S/C12H10F3N3/c13-12(14,15)9-3-1-2-7(4-9)8-5-10(16)11(17)18-6-8/h1-6H,16H2,(H2,17,18).